The van der Waals surface area contributed by atoms with Crippen LogP contribution in [0.15, 0.2) is 69.9 Å². The van der Waals surface area contributed by atoms with Crippen molar-refractivity contribution in [1.82, 2.24) is 9.55 Å². The zero-order chi connectivity index (χ0) is 20.4. The van der Waals surface area contributed by atoms with Crippen LogP contribution < -0.4 is 10.9 Å². The molecule has 8 heteroatoms. The van der Waals surface area contributed by atoms with Gasteiger partial charge in [-0.3, -0.25) is 14.2 Å². The van der Waals surface area contributed by atoms with E-state index >= 15 is 0 Å². The number of carbonyl (C=O) groups is 1. The van der Waals surface area contributed by atoms with Gasteiger partial charge in [0.05, 0.1) is 17.0 Å². The SMILES string of the molecule is Cc1ccc(NC(=O)CSc2nc3ccsc3c(=O)n2-c2ccc(Cl)cc2)cc1. The number of thioether (sulfide) groups is 1. The molecule has 4 rings (SSSR count). The van der Waals surface area contributed by atoms with Crippen molar-refractivity contribution in [3.8, 4) is 5.69 Å². The number of anilines is 1. The van der Waals surface area contributed by atoms with E-state index in [1.165, 1.54) is 27.7 Å². The standard InChI is InChI=1S/C21H16ClN3O2S2/c1-13-2-6-15(7-3-13)23-18(26)12-29-21-24-17-10-11-28-19(17)20(27)25(21)16-8-4-14(22)5-9-16/h2-11H,12H2,1H3,(H,23,26). The second kappa shape index (κ2) is 8.41. The molecule has 0 atom stereocenters. The monoisotopic (exact) mass is 441 g/mol. The van der Waals surface area contributed by atoms with Crippen LogP contribution in [0.3, 0.4) is 0 Å². The molecule has 0 spiro atoms. The minimum absolute atomic E-state index is 0.129. The van der Waals surface area contributed by atoms with Gasteiger partial charge in [0.25, 0.3) is 5.56 Å². The molecule has 5 nitrogen and oxygen atoms in total. The third-order valence-corrected chi connectivity index (χ3v) is 6.28. The van der Waals surface area contributed by atoms with Gasteiger partial charge in [0, 0.05) is 10.7 Å². The number of hydrogen-bond donors (Lipinski definition) is 1. The minimum Gasteiger partial charge on any atom is -0.325 e. The first-order chi connectivity index (χ1) is 14.0. The number of amides is 1. The first-order valence-electron chi connectivity index (χ1n) is 8.77. The Morgan fingerprint density at radius 3 is 2.59 bits per heavy atom. The third kappa shape index (κ3) is 4.37. The summed E-state index contributed by atoms with van der Waals surface area (Å²) >= 11 is 8.56. The predicted octanol–water partition coefficient (Wildman–Crippen LogP) is 5.14. The van der Waals surface area contributed by atoms with Gasteiger partial charge in [-0.15, -0.1) is 11.3 Å². The minimum atomic E-state index is -0.166. The molecule has 4 aromatic rings. The van der Waals surface area contributed by atoms with E-state index in [1.807, 2.05) is 42.6 Å². The summed E-state index contributed by atoms with van der Waals surface area (Å²) in [6.07, 6.45) is 0. The third-order valence-electron chi connectivity index (χ3n) is 4.20. The highest BCUT2D eigenvalue weighted by atomic mass is 35.5. The van der Waals surface area contributed by atoms with Crippen LogP contribution in [-0.4, -0.2) is 21.2 Å². The molecule has 0 radical (unpaired) electrons. The van der Waals surface area contributed by atoms with Gasteiger partial charge in [0.15, 0.2) is 5.16 Å². The molecule has 0 fully saturated rings. The zero-order valence-corrected chi connectivity index (χ0v) is 17.8. The van der Waals surface area contributed by atoms with Gasteiger partial charge in [-0.2, -0.15) is 0 Å². The second-order valence-corrected chi connectivity index (χ2v) is 8.64. The van der Waals surface area contributed by atoms with E-state index < -0.39 is 0 Å². The molecule has 2 aromatic carbocycles. The summed E-state index contributed by atoms with van der Waals surface area (Å²) in [7, 11) is 0. The molecule has 1 amide bonds. The Labute approximate surface area is 180 Å². The molecule has 2 heterocycles. The molecule has 0 aliphatic rings. The summed E-state index contributed by atoms with van der Waals surface area (Å²) in [4.78, 5) is 30.1. The van der Waals surface area contributed by atoms with Crippen LogP contribution in [0.4, 0.5) is 5.69 Å². The highest BCUT2D eigenvalue weighted by Crippen LogP contribution is 2.24. The van der Waals surface area contributed by atoms with E-state index in [1.54, 1.807) is 24.3 Å². The average Bonchev–Trinajstić information content (AvgIpc) is 3.18. The molecule has 0 saturated heterocycles. The molecule has 146 valence electrons. The molecule has 29 heavy (non-hydrogen) atoms. The van der Waals surface area contributed by atoms with Crippen molar-refractivity contribution in [3.05, 3.63) is 80.9 Å². The average molecular weight is 442 g/mol. The Kier molecular flexibility index (Phi) is 5.71. The van der Waals surface area contributed by atoms with Crippen molar-refractivity contribution in [1.29, 1.82) is 0 Å². The number of hydrogen-bond acceptors (Lipinski definition) is 5. The van der Waals surface area contributed by atoms with Crippen molar-refractivity contribution >= 4 is 56.5 Å². The maximum Gasteiger partial charge on any atom is 0.276 e. The van der Waals surface area contributed by atoms with Crippen LogP contribution >= 0.6 is 34.7 Å². The fourth-order valence-corrected chi connectivity index (χ4v) is 4.47. The Hall–Kier alpha value is -2.61. The first-order valence-corrected chi connectivity index (χ1v) is 11.0. The van der Waals surface area contributed by atoms with Crippen molar-refractivity contribution < 1.29 is 4.79 Å². The van der Waals surface area contributed by atoms with E-state index in [-0.39, 0.29) is 17.2 Å². The number of aromatic nitrogens is 2. The number of carbonyl (C=O) groups excluding carboxylic acids is 1. The predicted molar refractivity (Wildman–Crippen MR) is 121 cm³/mol. The lowest BCUT2D eigenvalue weighted by molar-refractivity contribution is -0.113. The largest absolute Gasteiger partial charge is 0.325 e. The molecular formula is C21H16ClN3O2S2. The summed E-state index contributed by atoms with van der Waals surface area (Å²) in [5, 5.41) is 5.74. The maximum atomic E-state index is 13.0. The van der Waals surface area contributed by atoms with Crippen molar-refractivity contribution in [2.75, 3.05) is 11.1 Å². The highest BCUT2D eigenvalue weighted by Gasteiger charge is 2.16. The van der Waals surface area contributed by atoms with Crippen molar-refractivity contribution in [2.45, 2.75) is 12.1 Å². The highest BCUT2D eigenvalue weighted by molar-refractivity contribution is 7.99. The second-order valence-electron chi connectivity index (χ2n) is 6.35. The lowest BCUT2D eigenvalue weighted by Gasteiger charge is -2.12. The van der Waals surface area contributed by atoms with Crippen LogP contribution in [-0.2, 0) is 4.79 Å². The number of halogens is 1. The fraction of sp³-hybridized carbons (Fsp3) is 0.0952. The van der Waals surface area contributed by atoms with Crippen LogP contribution in [0.2, 0.25) is 5.02 Å². The van der Waals surface area contributed by atoms with E-state index in [0.29, 0.717) is 26.1 Å². The lowest BCUT2D eigenvalue weighted by Crippen LogP contribution is -2.22. The van der Waals surface area contributed by atoms with Gasteiger partial charge in [-0.05, 0) is 54.8 Å². The van der Waals surface area contributed by atoms with Gasteiger partial charge in [-0.1, -0.05) is 41.1 Å². The zero-order valence-electron chi connectivity index (χ0n) is 15.4. The van der Waals surface area contributed by atoms with Crippen molar-refractivity contribution in [2.24, 2.45) is 0 Å². The van der Waals surface area contributed by atoms with Gasteiger partial charge < -0.3 is 5.32 Å². The summed E-state index contributed by atoms with van der Waals surface area (Å²) in [6, 6.07) is 16.4. The smallest absolute Gasteiger partial charge is 0.276 e. The van der Waals surface area contributed by atoms with Crippen LogP contribution in [0, 0.1) is 6.92 Å². The van der Waals surface area contributed by atoms with Crippen LogP contribution in [0.5, 0.6) is 0 Å². The maximum absolute atomic E-state index is 13.0. The number of aryl methyl sites for hydroxylation is 1. The molecule has 0 unspecified atom stereocenters. The Morgan fingerprint density at radius 2 is 1.86 bits per heavy atom. The summed E-state index contributed by atoms with van der Waals surface area (Å²) in [6.45, 7) is 1.99. The Balaban J connectivity index is 1.63. The molecule has 0 aliphatic carbocycles. The Bertz CT molecular complexity index is 1230. The van der Waals surface area contributed by atoms with E-state index in [0.717, 1.165) is 11.3 Å². The molecule has 0 saturated carbocycles. The molecule has 0 aliphatic heterocycles. The van der Waals surface area contributed by atoms with Gasteiger partial charge in [0.1, 0.15) is 4.70 Å². The first kappa shape index (κ1) is 19.7. The topological polar surface area (TPSA) is 64.0 Å². The van der Waals surface area contributed by atoms with E-state index in [4.69, 9.17) is 11.6 Å². The number of nitrogens with zero attached hydrogens (tertiary/aromatic N) is 2. The molecule has 0 bridgehead atoms. The quantitative estimate of drug-likeness (QED) is 0.344. The molecule has 1 N–H and O–H groups in total. The normalized spacial score (nSPS) is 11.0. The van der Waals surface area contributed by atoms with Crippen LogP contribution in [0.25, 0.3) is 15.9 Å². The summed E-state index contributed by atoms with van der Waals surface area (Å²) < 4.78 is 2.10. The number of benzene rings is 2. The van der Waals surface area contributed by atoms with Crippen molar-refractivity contribution in [3.63, 3.8) is 0 Å². The van der Waals surface area contributed by atoms with Gasteiger partial charge in [-0.25, -0.2) is 4.98 Å². The van der Waals surface area contributed by atoms with Gasteiger partial charge >= 0.3 is 0 Å². The fourth-order valence-electron chi connectivity index (χ4n) is 2.77. The number of rotatable bonds is 5. The summed E-state index contributed by atoms with van der Waals surface area (Å²) in [5.41, 5.74) is 2.99. The van der Waals surface area contributed by atoms with E-state index in [9.17, 15) is 9.59 Å². The lowest BCUT2D eigenvalue weighted by atomic mass is 10.2. The van der Waals surface area contributed by atoms with E-state index in [2.05, 4.69) is 10.3 Å². The Morgan fingerprint density at radius 1 is 1.14 bits per heavy atom. The number of fused-ring (bicyclic) bond motifs is 1. The number of thiophene rings is 1. The molecule has 2 aromatic heterocycles. The van der Waals surface area contributed by atoms with Gasteiger partial charge in [0.2, 0.25) is 5.91 Å². The van der Waals surface area contributed by atoms with Crippen LogP contribution in [0.1, 0.15) is 5.56 Å². The summed E-state index contributed by atoms with van der Waals surface area (Å²) in [5.74, 6) is -0.0371. The number of nitrogens with one attached hydrogen (secondary N) is 1. The molecular weight excluding hydrogens is 426 g/mol.